The van der Waals surface area contributed by atoms with Crippen LogP contribution < -0.4 is 9.64 Å². The van der Waals surface area contributed by atoms with E-state index in [-0.39, 0.29) is 23.8 Å². The monoisotopic (exact) mass is 364 g/mol. The Hall–Kier alpha value is -2.82. The van der Waals surface area contributed by atoms with Crippen molar-refractivity contribution in [2.45, 2.75) is 19.8 Å². The van der Waals surface area contributed by atoms with Crippen molar-refractivity contribution in [2.75, 3.05) is 31.1 Å². The van der Waals surface area contributed by atoms with Gasteiger partial charge < -0.3 is 14.5 Å². The van der Waals surface area contributed by atoms with Crippen LogP contribution in [0.2, 0.25) is 0 Å². The molecule has 2 aromatic carbocycles. The molecule has 27 heavy (non-hydrogen) atoms. The topological polar surface area (TPSA) is 49.9 Å². The number of amides is 2. The number of carbonyl (C=O) groups is 2. The van der Waals surface area contributed by atoms with Crippen LogP contribution in [-0.2, 0) is 9.59 Å². The third-order valence-electron chi connectivity index (χ3n) is 5.53. The van der Waals surface area contributed by atoms with E-state index < -0.39 is 0 Å². The second-order valence-electron chi connectivity index (χ2n) is 7.66. The van der Waals surface area contributed by atoms with E-state index in [4.69, 9.17) is 4.74 Å². The largest absolute Gasteiger partial charge is 0.484 e. The minimum Gasteiger partial charge on any atom is -0.484 e. The van der Waals surface area contributed by atoms with Crippen LogP contribution in [0.15, 0.2) is 54.6 Å². The van der Waals surface area contributed by atoms with Gasteiger partial charge in [0.2, 0.25) is 5.91 Å². The molecular formula is C22H24N2O3. The van der Waals surface area contributed by atoms with Crippen molar-refractivity contribution in [1.82, 2.24) is 4.90 Å². The number of anilines is 1. The molecule has 0 N–H and O–H groups in total. The molecule has 2 heterocycles. The summed E-state index contributed by atoms with van der Waals surface area (Å²) < 4.78 is 5.59. The predicted molar refractivity (Wildman–Crippen MR) is 104 cm³/mol. The summed E-state index contributed by atoms with van der Waals surface area (Å²) in [5, 5.41) is 0. The van der Waals surface area contributed by atoms with Crippen LogP contribution in [0.1, 0.15) is 18.4 Å². The van der Waals surface area contributed by atoms with Gasteiger partial charge in [-0.05, 0) is 43.2 Å². The van der Waals surface area contributed by atoms with Gasteiger partial charge in [0.25, 0.3) is 5.91 Å². The first kappa shape index (κ1) is 17.6. The van der Waals surface area contributed by atoms with Gasteiger partial charge in [0.1, 0.15) is 5.75 Å². The highest BCUT2D eigenvalue weighted by Gasteiger charge is 2.48. The van der Waals surface area contributed by atoms with Crippen molar-refractivity contribution in [3.05, 3.63) is 60.2 Å². The average Bonchev–Trinajstić information content (AvgIpc) is 3.23. The van der Waals surface area contributed by atoms with Crippen molar-refractivity contribution >= 4 is 17.5 Å². The summed E-state index contributed by atoms with van der Waals surface area (Å²) in [6, 6.07) is 17.4. The van der Waals surface area contributed by atoms with Crippen LogP contribution in [0.3, 0.4) is 0 Å². The Morgan fingerprint density at radius 3 is 2.70 bits per heavy atom. The van der Waals surface area contributed by atoms with Gasteiger partial charge in [0, 0.05) is 37.2 Å². The maximum atomic E-state index is 12.6. The molecule has 0 aliphatic carbocycles. The van der Waals surface area contributed by atoms with Crippen molar-refractivity contribution in [3.63, 3.8) is 0 Å². The Labute approximate surface area is 159 Å². The van der Waals surface area contributed by atoms with Gasteiger partial charge in [-0.2, -0.15) is 0 Å². The zero-order valence-electron chi connectivity index (χ0n) is 15.6. The summed E-state index contributed by atoms with van der Waals surface area (Å²) in [5.41, 5.74) is 1.96. The highest BCUT2D eigenvalue weighted by Crippen LogP contribution is 2.41. The first-order chi connectivity index (χ1) is 13.0. The number of rotatable bonds is 4. The fourth-order valence-corrected chi connectivity index (χ4v) is 4.10. The fourth-order valence-electron chi connectivity index (χ4n) is 4.10. The molecule has 0 saturated carbocycles. The molecule has 4 rings (SSSR count). The van der Waals surface area contributed by atoms with E-state index >= 15 is 0 Å². The quantitative estimate of drug-likeness (QED) is 0.838. The van der Waals surface area contributed by atoms with Crippen molar-refractivity contribution < 1.29 is 14.3 Å². The lowest BCUT2D eigenvalue weighted by atomic mass is 9.86. The van der Waals surface area contributed by atoms with Gasteiger partial charge >= 0.3 is 0 Å². The summed E-state index contributed by atoms with van der Waals surface area (Å²) in [4.78, 5) is 28.9. The molecule has 1 unspecified atom stereocenters. The Morgan fingerprint density at radius 1 is 1.11 bits per heavy atom. The van der Waals surface area contributed by atoms with E-state index in [1.54, 1.807) is 0 Å². The van der Waals surface area contributed by atoms with Gasteiger partial charge in [0.15, 0.2) is 6.61 Å². The number of likely N-dealkylation sites (tertiary alicyclic amines) is 1. The van der Waals surface area contributed by atoms with E-state index in [1.165, 1.54) is 0 Å². The van der Waals surface area contributed by atoms with Crippen LogP contribution in [0, 0.1) is 12.3 Å². The van der Waals surface area contributed by atoms with Crippen LogP contribution >= 0.6 is 0 Å². The van der Waals surface area contributed by atoms with E-state index in [0.717, 1.165) is 17.7 Å². The van der Waals surface area contributed by atoms with Gasteiger partial charge in [0.05, 0.1) is 0 Å². The normalized spacial score (nSPS) is 21.9. The second-order valence-corrected chi connectivity index (χ2v) is 7.66. The lowest BCUT2D eigenvalue weighted by Crippen LogP contribution is -2.36. The minimum absolute atomic E-state index is 0.0165. The molecule has 2 fully saturated rings. The summed E-state index contributed by atoms with van der Waals surface area (Å²) in [5.74, 6) is 0.828. The highest BCUT2D eigenvalue weighted by atomic mass is 16.5. The fraction of sp³-hybridized carbons (Fsp3) is 0.364. The lowest BCUT2D eigenvalue weighted by molar-refractivity contribution is -0.132. The predicted octanol–water partition coefficient (Wildman–Crippen LogP) is 3.03. The SMILES string of the molecule is Cc1cccc(N2CC3(CCN(C(=O)COc4ccccc4)C3)CC2=O)c1. The molecule has 0 radical (unpaired) electrons. The zero-order chi connectivity index (χ0) is 18.9. The van der Waals surface area contributed by atoms with Crippen LogP contribution in [0.5, 0.6) is 5.75 Å². The molecule has 0 bridgehead atoms. The number of ether oxygens (including phenoxy) is 1. The first-order valence-electron chi connectivity index (χ1n) is 9.37. The summed E-state index contributed by atoms with van der Waals surface area (Å²) in [6.07, 6.45) is 1.36. The minimum atomic E-state index is -0.136. The van der Waals surface area contributed by atoms with Crippen LogP contribution in [0.4, 0.5) is 5.69 Å². The number of hydrogen-bond acceptors (Lipinski definition) is 3. The van der Waals surface area contributed by atoms with E-state index in [9.17, 15) is 9.59 Å². The van der Waals surface area contributed by atoms with Gasteiger partial charge in [-0.1, -0.05) is 30.3 Å². The first-order valence-corrected chi connectivity index (χ1v) is 9.37. The van der Waals surface area contributed by atoms with Crippen molar-refractivity contribution in [1.29, 1.82) is 0 Å². The third kappa shape index (κ3) is 3.68. The van der Waals surface area contributed by atoms with Crippen LogP contribution in [-0.4, -0.2) is 43.0 Å². The van der Waals surface area contributed by atoms with Crippen molar-refractivity contribution in [2.24, 2.45) is 5.41 Å². The lowest BCUT2D eigenvalue weighted by Gasteiger charge is -2.24. The summed E-state index contributed by atoms with van der Waals surface area (Å²) in [6.45, 7) is 4.06. The average molecular weight is 364 g/mol. The molecule has 2 aliphatic heterocycles. The molecule has 2 aliphatic rings. The summed E-state index contributed by atoms with van der Waals surface area (Å²) in [7, 11) is 0. The Bertz CT molecular complexity index is 852. The number of carbonyl (C=O) groups excluding carboxylic acids is 2. The number of benzene rings is 2. The molecule has 140 valence electrons. The highest BCUT2D eigenvalue weighted by molar-refractivity contribution is 5.96. The standard InChI is InChI=1S/C22H24N2O3/c1-17-6-5-7-18(12-17)24-16-22(13-20(24)25)10-11-23(15-22)21(26)14-27-19-8-3-2-4-9-19/h2-9,12H,10-11,13-16H2,1H3. The van der Waals surface area contributed by atoms with Crippen molar-refractivity contribution in [3.8, 4) is 5.75 Å². The third-order valence-corrected chi connectivity index (χ3v) is 5.53. The van der Waals surface area contributed by atoms with Gasteiger partial charge in [-0.15, -0.1) is 0 Å². The molecular weight excluding hydrogens is 340 g/mol. The van der Waals surface area contributed by atoms with Crippen LogP contribution in [0.25, 0.3) is 0 Å². The molecule has 1 spiro atoms. The number of hydrogen-bond donors (Lipinski definition) is 0. The molecule has 2 amide bonds. The maximum Gasteiger partial charge on any atom is 0.260 e. The molecule has 2 saturated heterocycles. The number of aryl methyl sites for hydroxylation is 1. The van der Waals surface area contributed by atoms with Gasteiger partial charge in [-0.25, -0.2) is 0 Å². The molecule has 2 aromatic rings. The molecule has 5 heteroatoms. The van der Waals surface area contributed by atoms with E-state index in [1.807, 2.05) is 71.3 Å². The van der Waals surface area contributed by atoms with Gasteiger partial charge in [-0.3, -0.25) is 9.59 Å². The smallest absolute Gasteiger partial charge is 0.260 e. The molecule has 1 atom stereocenters. The van der Waals surface area contributed by atoms with E-state index in [0.29, 0.717) is 31.8 Å². The summed E-state index contributed by atoms with van der Waals surface area (Å²) >= 11 is 0. The number of para-hydroxylation sites is 1. The Kier molecular flexibility index (Phi) is 4.60. The number of nitrogens with zero attached hydrogens (tertiary/aromatic N) is 2. The Balaban J connectivity index is 1.38. The zero-order valence-corrected chi connectivity index (χ0v) is 15.6. The maximum absolute atomic E-state index is 12.6. The molecule has 0 aromatic heterocycles. The molecule has 5 nitrogen and oxygen atoms in total. The van der Waals surface area contributed by atoms with E-state index in [2.05, 4.69) is 0 Å². The second kappa shape index (κ2) is 7.06. The Morgan fingerprint density at radius 2 is 1.93 bits per heavy atom.